The summed E-state index contributed by atoms with van der Waals surface area (Å²) in [5.74, 6) is -0.601. The number of hydrogen-bond acceptors (Lipinski definition) is 4. The Morgan fingerprint density at radius 1 is 1.16 bits per heavy atom. The largest absolute Gasteiger partial charge is 0.350 e. The molecule has 2 amide bonds. The van der Waals surface area contributed by atoms with Gasteiger partial charge in [0.1, 0.15) is 6.04 Å². The summed E-state index contributed by atoms with van der Waals surface area (Å²) in [5.41, 5.74) is 1.99. The average Bonchev–Trinajstić information content (AvgIpc) is 3.13. The number of halogens is 1. The zero-order chi connectivity index (χ0) is 22.8. The second-order valence-electron chi connectivity index (χ2n) is 7.30. The molecule has 31 heavy (non-hydrogen) atoms. The lowest BCUT2D eigenvalue weighted by Crippen LogP contribution is -2.47. The number of benzene rings is 2. The van der Waals surface area contributed by atoms with Gasteiger partial charge < -0.3 is 5.32 Å². The Morgan fingerprint density at radius 3 is 2.45 bits per heavy atom. The molecule has 0 saturated heterocycles. The van der Waals surface area contributed by atoms with Crippen molar-refractivity contribution in [2.45, 2.75) is 44.7 Å². The van der Waals surface area contributed by atoms with Gasteiger partial charge in [0.25, 0.3) is 0 Å². The van der Waals surface area contributed by atoms with E-state index in [2.05, 4.69) is 5.32 Å². The van der Waals surface area contributed by atoms with E-state index in [1.165, 1.54) is 22.2 Å². The van der Waals surface area contributed by atoms with Gasteiger partial charge in [-0.05, 0) is 35.4 Å². The van der Waals surface area contributed by atoms with Crippen molar-refractivity contribution < 1.29 is 18.0 Å². The van der Waals surface area contributed by atoms with Gasteiger partial charge in [-0.1, -0.05) is 43.6 Å². The van der Waals surface area contributed by atoms with Crippen LogP contribution in [-0.4, -0.2) is 43.7 Å². The molecule has 1 aliphatic rings. The Hall–Kier alpha value is -2.42. The first-order valence-electron chi connectivity index (χ1n) is 10.1. The zero-order valence-electron chi connectivity index (χ0n) is 17.8. The van der Waals surface area contributed by atoms with E-state index in [1.54, 1.807) is 32.0 Å². The molecule has 1 N–H and O–H groups in total. The molecule has 1 atom stereocenters. The first-order valence-corrected chi connectivity index (χ1v) is 12.0. The Morgan fingerprint density at radius 2 is 1.84 bits per heavy atom. The molecule has 1 aliphatic heterocycles. The number of rotatable bonds is 7. The SMILES string of the molecule is CCN(CC)S(=O)(=O)c1ccc2c(c1)C[C@H](C(=O)NCc1ccccc1Cl)N2C(C)=O. The number of sulfonamides is 1. The normalized spacial score (nSPS) is 15.8. The molecular formula is C22H26ClN3O4S. The van der Waals surface area contributed by atoms with Gasteiger partial charge in [-0.2, -0.15) is 4.31 Å². The molecule has 2 aromatic rings. The highest BCUT2D eigenvalue weighted by molar-refractivity contribution is 7.89. The minimum Gasteiger partial charge on any atom is -0.350 e. The van der Waals surface area contributed by atoms with Crippen molar-refractivity contribution in [2.75, 3.05) is 18.0 Å². The Balaban J connectivity index is 1.85. The fourth-order valence-corrected chi connectivity index (χ4v) is 5.55. The van der Waals surface area contributed by atoms with Crippen molar-refractivity contribution in [1.82, 2.24) is 9.62 Å². The summed E-state index contributed by atoms with van der Waals surface area (Å²) in [6.45, 7) is 5.92. The molecule has 7 nitrogen and oxygen atoms in total. The number of carbonyl (C=O) groups excluding carboxylic acids is 2. The minimum absolute atomic E-state index is 0.163. The van der Waals surface area contributed by atoms with Crippen molar-refractivity contribution in [2.24, 2.45) is 0 Å². The lowest BCUT2D eigenvalue weighted by atomic mass is 10.1. The fourth-order valence-electron chi connectivity index (χ4n) is 3.84. The average molecular weight is 464 g/mol. The predicted octanol–water partition coefficient (Wildman–Crippen LogP) is 2.96. The highest BCUT2D eigenvalue weighted by atomic mass is 35.5. The molecule has 9 heteroatoms. The quantitative estimate of drug-likeness (QED) is 0.683. The first-order chi connectivity index (χ1) is 14.7. The predicted molar refractivity (Wildman–Crippen MR) is 120 cm³/mol. The van der Waals surface area contributed by atoms with Crippen LogP contribution in [0.4, 0.5) is 5.69 Å². The number of hydrogen-bond donors (Lipinski definition) is 1. The highest BCUT2D eigenvalue weighted by Gasteiger charge is 2.38. The second-order valence-corrected chi connectivity index (χ2v) is 9.64. The monoisotopic (exact) mass is 463 g/mol. The van der Waals surface area contributed by atoms with Gasteiger partial charge >= 0.3 is 0 Å². The summed E-state index contributed by atoms with van der Waals surface area (Å²) in [5, 5.41) is 3.39. The number of carbonyl (C=O) groups is 2. The van der Waals surface area contributed by atoms with Crippen LogP contribution in [-0.2, 0) is 32.6 Å². The van der Waals surface area contributed by atoms with E-state index >= 15 is 0 Å². The number of fused-ring (bicyclic) bond motifs is 1. The number of nitrogens with one attached hydrogen (secondary N) is 1. The first kappa shape index (κ1) is 23.2. The molecule has 0 aliphatic carbocycles. The maximum absolute atomic E-state index is 12.9. The van der Waals surface area contributed by atoms with Crippen LogP contribution in [0.25, 0.3) is 0 Å². The minimum atomic E-state index is -3.63. The Labute approximate surface area is 188 Å². The van der Waals surface area contributed by atoms with E-state index in [1.807, 2.05) is 18.2 Å². The zero-order valence-corrected chi connectivity index (χ0v) is 19.3. The molecule has 3 rings (SSSR count). The number of amides is 2. The summed E-state index contributed by atoms with van der Waals surface area (Å²) >= 11 is 6.15. The van der Waals surface area contributed by atoms with Gasteiger partial charge in [0.15, 0.2) is 0 Å². The van der Waals surface area contributed by atoms with E-state index in [0.29, 0.717) is 29.4 Å². The van der Waals surface area contributed by atoms with E-state index in [0.717, 1.165) is 5.56 Å². The van der Waals surface area contributed by atoms with Gasteiger partial charge in [0.05, 0.1) is 4.90 Å². The third kappa shape index (κ3) is 4.61. The van der Waals surface area contributed by atoms with E-state index in [9.17, 15) is 18.0 Å². The summed E-state index contributed by atoms with van der Waals surface area (Å²) in [4.78, 5) is 26.8. The molecule has 0 fully saturated rings. The number of anilines is 1. The lowest BCUT2D eigenvalue weighted by Gasteiger charge is -2.23. The van der Waals surface area contributed by atoms with Gasteiger partial charge in [-0.3, -0.25) is 14.5 Å². The topological polar surface area (TPSA) is 86.8 Å². The molecule has 0 unspecified atom stereocenters. The van der Waals surface area contributed by atoms with Crippen LogP contribution < -0.4 is 10.2 Å². The van der Waals surface area contributed by atoms with Crippen LogP contribution in [0, 0.1) is 0 Å². The van der Waals surface area contributed by atoms with Gasteiger partial charge in [0.2, 0.25) is 21.8 Å². The molecular weight excluding hydrogens is 438 g/mol. The third-order valence-corrected chi connectivity index (χ3v) is 7.85. The van der Waals surface area contributed by atoms with E-state index in [4.69, 9.17) is 11.6 Å². The van der Waals surface area contributed by atoms with Crippen molar-refractivity contribution in [3.05, 3.63) is 58.6 Å². The maximum Gasteiger partial charge on any atom is 0.243 e. The second kappa shape index (κ2) is 9.38. The third-order valence-electron chi connectivity index (χ3n) is 5.43. The van der Waals surface area contributed by atoms with Gasteiger partial charge in [-0.25, -0.2) is 8.42 Å². The molecule has 1 heterocycles. The van der Waals surface area contributed by atoms with Gasteiger partial charge in [-0.15, -0.1) is 0 Å². The van der Waals surface area contributed by atoms with Crippen LogP contribution in [0.2, 0.25) is 5.02 Å². The summed E-state index contributed by atoms with van der Waals surface area (Å²) in [6.07, 6.45) is 0.241. The molecule has 2 aromatic carbocycles. The summed E-state index contributed by atoms with van der Waals surface area (Å²) in [6, 6.07) is 11.1. The van der Waals surface area contributed by atoms with E-state index < -0.39 is 16.1 Å². The molecule has 0 spiro atoms. The molecule has 0 saturated carbocycles. The van der Waals surface area contributed by atoms with Crippen LogP contribution >= 0.6 is 11.6 Å². The Kier molecular flexibility index (Phi) is 7.03. The lowest BCUT2D eigenvalue weighted by molar-refractivity contribution is -0.125. The van der Waals surface area contributed by atoms with Crippen molar-refractivity contribution in [1.29, 1.82) is 0 Å². The maximum atomic E-state index is 12.9. The molecule has 0 aromatic heterocycles. The summed E-state index contributed by atoms with van der Waals surface area (Å²) in [7, 11) is -3.63. The van der Waals surface area contributed by atoms with Crippen molar-refractivity contribution in [3.8, 4) is 0 Å². The molecule has 0 bridgehead atoms. The summed E-state index contributed by atoms with van der Waals surface area (Å²) < 4.78 is 27.1. The Bertz CT molecular complexity index is 1100. The molecule has 166 valence electrons. The van der Waals surface area contributed by atoms with E-state index in [-0.39, 0.29) is 29.7 Å². The van der Waals surface area contributed by atoms with Crippen molar-refractivity contribution in [3.63, 3.8) is 0 Å². The van der Waals surface area contributed by atoms with Crippen LogP contribution in [0.3, 0.4) is 0 Å². The smallest absolute Gasteiger partial charge is 0.243 e. The molecule has 0 radical (unpaired) electrons. The standard InChI is InChI=1S/C22H26ClN3O4S/c1-4-25(5-2)31(29,30)18-10-11-20-17(12-18)13-21(26(20)15(3)27)22(28)24-14-16-8-6-7-9-19(16)23/h6-12,21H,4-5,13-14H2,1-3H3,(H,24,28)/t21-/m1/s1. The number of nitrogens with zero attached hydrogens (tertiary/aromatic N) is 2. The van der Waals surface area contributed by atoms with Crippen LogP contribution in [0.1, 0.15) is 31.9 Å². The van der Waals surface area contributed by atoms with Crippen LogP contribution in [0.5, 0.6) is 0 Å². The van der Waals surface area contributed by atoms with Gasteiger partial charge in [0, 0.05) is 43.7 Å². The fraction of sp³-hybridized carbons (Fsp3) is 0.364. The van der Waals surface area contributed by atoms with Crippen LogP contribution in [0.15, 0.2) is 47.4 Å². The highest BCUT2D eigenvalue weighted by Crippen LogP contribution is 2.35. The van der Waals surface area contributed by atoms with Crippen molar-refractivity contribution >= 4 is 39.1 Å².